The standard InChI is InChI=1S/C28H27N3O4/c1-4-15-30(27(32)20-11-14-24-25(16-20)35-17-34-24)19(3)26-29-23-8-6-5-7-22(23)28(33)31(26)21-12-9-18(2)10-13-21/h5-14,16,19H,4,15,17H2,1-3H3. The average molecular weight is 470 g/mol. The summed E-state index contributed by atoms with van der Waals surface area (Å²) in [6.07, 6.45) is 0.753. The zero-order valence-corrected chi connectivity index (χ0v) is 20.0. The minimum absolute atomic E-state index is 0.145. The molecule has 1 aliphatic rings. The van der Waals surface area contributed by atoms with Gasteiger partial charge in [-0.1, -0.05) is 36.8 Å². The lowest BCUT2D eigenvalue weighted by Crippen LogP contribution is -2.38. The SMILES string of the molecule is CCCN(C(=O)c1ccc2c(c1)OCO2)C(C)c1nc2ccccc2c(=O)n1-c1ccc(C)cc1. The third-order valence-electron chi connectivity index (χ3n) is 6.28. The fourth-order valence-electron chi connectivity index (χ4n) is 4.42. The molecule has 1 unspecified atom stereocenters. The second-order valence-corrected chi connectivity index (χ2v) is 8.71. The lowest BCUT2D eigenvalue weighted by molar-refractivity contribution is 0.0681. The molecule has 0 N–H and O–H groups in total. The molecule has 0 aliphatic carbocycles. The molecule has 5 rings (SSSR count). The molecule has 0 radical (unpaired) electrons. The van der Waals surface area contributed by atoms with Gasteiger partial charge in [0.2, 0.25) is 6.79 Å². The predicted molar refractivity (Wildman–Crippen MR) is 134 cm³/mol. The minimum atomic E-state index is -0.466. The van der Waals surface area contributed by atoms with Crippen LogP contribution in [0.3, 0.4) is 0 Å². The van der Waals surface area contributed by atoms with E-state index in [4.69, 9.17) is 14.5 Å². The van der Waals surface area contributed by atoms with Crippen molar-refractivity contribution in [3.63, 3.8) is 0 Å². The van der Waals surface area contributed by atoms with Crippen molar-refractivity contribution in [1.29, 1.82) is 0 Å². The summed E-state index contributed by atoms with van der Waals surface area (Å²) < 4.78 is 12.5. The monoisotopic (exact) mass is 469 g/mol. The maximum Gasteiger partial charge on any atom is 0.266 e. The quantitative estimate of drug-likeness (QED) is 0.396. The molecule has 178 valence electrons. The number of hydrogen-bond donors (Lipinski definition) is 0. The van der Waals surface area contributed by atoms with E-state index in [-0.39, 0.29) is 18.3 Å². The van der Waals surface area contributed by atoms with E-state index >= 15 is 0 Å². The summed E-state index contributed by atoms with van der Waals surface area (Å²) in [5, 5.41) is 0.535. The van der Waals surface area contributed by atoms with E-state index in [9.17, 15) is 9.59 Å². The summed E-state index contributed by atoms with van der Waals surface area (Å²) in [5.74, 6) is 1.54. The van der Waals surface area contributed by atoms with Crippen LogP contribution in [0, 0.1) is 6.92 Å². The van der Waals surface area contributed by atoms with Gasteiger partial charge < -0.3 is 14.4 Å². The summed E-state index contributed by atoms with van der Waals surface area (Å²) >= 11 is 0. The Kier molecular flexibility index (Phi) is 5.99. The summed E-state index contributed by atoms with van der Waals surface area (Å²) in [6.45, 7) is 6.59. The Labute approximate surface area is 203 Å². The van der Waals surface area contributed by atoms with Gasteiger partial charge in [-0.2, -0.15) is 0 Å². The summed E-state index contributed by atoms with van der Waals surface area (Å²) in [5.41, 5.74) is 2.76. The smallest absolute Gasteiger partial charge is 0.266 e. The second-order valence-electron chi connectivity index (χ2n) is 8.71. The minimum Gasteiger partial charge on any atom is -0.454 e. The first-order chi connectivity index (χ1) is 17.0. The maximum absolute atomic E-state index is 13.7. The van der Waals surface area contributed by atoms with Crippen molar-refractivity contribution in [2.24, 2.45) is 0 Å². The highest BCUT2D eigenvalue weighted by atomic mass is 16.7. The van der Waals surface area contributed by atoms with Crippen LogP contribution in [0.2, 0.25) is 0 Å². The first-order valence-electron chi connectivity index (χ1n) is 11.8. The molecule has 1 aliphatic heterocycles. The van der Waals surface area contributed by atoms with Crippen molar-refractivity contribution in [2.45, 2.75) is 33.2 Å². The Bertz CT molecular complexity index is 1460. The number of hydrogen-bond acceptors (Lipinski definition) is 5. The number of benzene rings is 3. The van der Waals surface area contributed by atoms with Crippen LogP contribution in [0.25, 0.3) is 16.6 Å². The van der Waals surface area contributed by atoms with Gasteiger partial charge in [0.05, 0.1) is 22.6 Å². The van der Waals surface area contributed by atoms with Gasteiger partial charge in [0.25, 0.3) is 11.5 Å². The van der Waals surface area contributed by atoms with E-state index < -0.39 is 6.04 Å². The van der Waals surface area contributed by atoms with Gasteiger partial charge in [-0.3, -0.25) is 14.2 Å². The van der Waals surface area contributed by atoms with E-state index in [0.717, 1.165) is 12.0 Å². The molecule has 7 nitrogen and oxygen atoms in total. The van der Waals surface area contributed by atoms with E-state index in [0.29, 0.717) is 46.0 Å². The summed E-state index contributed by atoms with van der Waals surface area (Å²) in [7, 11) is 0. The molecule has 7 heteroatoms. The lowest BCUT2D eigenvalue weighted by Gasteiger charge is -2.30. The average Bonchev–Trinajstić information content (AvgIpc) is 3.35. The van der Waals surface area contributed by atoms with E-state index in [2.05, 4.69) is 0 Å². The number of aromatic nitrogens is 2. The van der Waals surface area contributed by atoms with Crippen molar-refractivity contribution in [1.82, 2.24) is 14.5 Å². The van der Waals surface area contributed by atoms with Crippen LogP contribution < -0.4 is 15.0 Å². The molecule has 4 aromatic rings. The Balaban J connectivity index is 1.64. The van der Waals surface area contributed by atoms with Crippen LogP contribution in [0.15, 0.2) is 71.5 Å². The van der Waals surface area contributed by atoms with E-state index in [1.54, 1.807) is 33.7 Å². The highest BCUT2D eigenvalue weighted by Crippen LogP contribution is 2.34. The van der Waals surface area contributed by atoms with Crippen LogP contribution in [0.1, 0.15) is 48.1 Å². The zero-order valence-electron chi connectivity index (χ0n) is 20.0. The molecule has 0 saturated heterocycles. The first-order valence-corrected chi connectivity index (χ1v) is 11.8. The van der Waals surface area contributed by atoms with Gasteiger partial charge in [-0.05, 0) is 62.7 Å². The highest BCUT2D eigenvalue weighted by Gasteiger charge is 2.28. The number of fused-ring (bicyclic) bond motifs is 2. The predicted octanol–water partition coefficient (Wildman–Crippen LogP) is 5.04. The van der Waals surface area contributed by atoms with Crippen LogP contribution >= 0.6 is 0 Å². The largest absolute Gasteiger partial charge is 0.454 e. The second kappa shape index (κ2) is 9.25. The van der Waals surface area contributed by atoms with E-state index in [1.807, 2.05) is 63.2 Å². The molecule has 1 amide bonds. The van der Waals surface area contributed by atoms with E-state index in [1.165, 1.54) is 0 Å². The Hall–Kier alpha value is -4.13. The van der Waals surface area contributed by atoms with Gasteiger partial charge in [-0.25, -0.2) is 4.98 Å². The Morgan fingerprint density at radius 2 is 1.80 bits per heavy atom. The zero-order chi connectivity index (χ0) is 24.5. The number of para-hydroxylation sites is 1. The third kappa shape index (κ3) is 4.14. The van der Waals surface area contributed by atoms with Crippen molar-refractivity contribution in [3.05, 3.63) is 94.0 Å². The number of aryl methyl sites for hydroxylation is 1. The molecule has 0 fully saturated rings. The molecular formula is C28H27N3O4. The number of amides is 1. The van der Waals surface area contributed by atoms with Crippen LogP contribution in [-0.4, -0.2) is 33.7 Å². The van der Waals surface area contributed by atoms with Crippen LogP contribution in [-0.2, 0) is 0 Å². The molecule has 0 saturated carbocycles. The molecule has 1 aromatic heterocycles. The maximum atomic E-state index is 13.7. The Morgan fingerprint density at radius 3 is 2.57 bits per heavy atom. The first kappa shape index (κ1) is 22.7. The topological polar surface area (TPSA) is 73.7 Å². The van der Waals surface area contributed by atoms with Crippen LogP contribution in [0.5, 0.6) is 11.5 Å². The van der Waals surface area contributed by atoms with Gasteiger partial charge in [0, 0.05) is 12.1 Å². The van der Waals surface area contributed by atoms with Gasteiger partial charge >= 0.3 is 0 Å². The molecule has 0 spiro atoms. The number of carbonyl (C=O) groups is 1. The van der Waals surface area contributed by atoms with Crippen molar-refractivity contribution >= 4 is 16.8 Å². The number of nitrogens with zero attached hydrogens (tertiary/aromatic N) is 3. The third-order valence-corrected chi connectivity index (χ3v) is 6.28. The molecule has 2 heterocycles. The number of rotatable bonds is 6. The molecular weight excluding hydrogens is 442 g/mol. The van der Waals surface area contributed by atoms with Crippen molar-refractivity contribution < 1.29 is 14.3 Å². The fraction of sp³-hybridized carbons (Fsp3) is 0.250. The normalized spacial score (nSPS) is 13.1. The molecule has 35 heavy (non-hydrogen) atoms. The Morgan fingerprint density at radius 1 is 1.06 bits per heavy atom. The number of ether oxygens (including phenoxy) is 2. The van der Waals surface area contributed by atoms with Crippen LogP contribution in [0.4, 0.5) is 0 Å². The summed E-state index contributed by atoms with van der Waals surface area (Å²) in [6, 6.07) is 19.8. The molecule has 0 bridgehead atoms. The summed E-state index contributed by atoms with van der Waals surface area (Å²) in [4.78, 5) is 34.0. The fourth-order valence-corrected chi connectivity index (χ4v) is 4.42. The molecule has 1 atom stereocenters. The molecule has 3 aromatic carbocycles. The van der Waals surface area contributed by atoms with Gasteiger partial charge in [0.15, 0.2) is 11.5 Å². The lowest BCUT2D eigenvalue weighted by atomic mass is 10.1. The van der Waals surface area contributed by atoms with Gasteiger partial charge in [-0.15, -0.1) is 0 Å². The van der Waals surface area contributed by atoms with Gasteiger partial charge in [0.1, 0.15) is 5.82 Å². The number of carbonyl (C=O) groups excluding carboxylic acids is 1. The van der Waals surface area contributed by atoms with Crippen molar-refractivity contribution in [3.8, 4) is 17.2 Å². The van der Waals surface area contributed by atoms with Crippen molar-refractivity contribution in [2.75, 3.05) is 13.3 Å². The highest BCUT2D eigenvalue weighted by molar-refractivity contribution is 5.95.